The summed E-state index contributed by atoms with van der Waals surface area (Å²) in [6.45, 7) is 2.48. The van der Waals surface area contributed by atoms with E-state index in [1.165, 1.54) is 0 Å². The molecule has 148 valence electrons. The van der Waals surface area contributed by atoms with Gasteiger partial charge in [0.2, 0.25) is 0 Å². The smallest absolute Gasteiger partial charge is 0.273 e. The minimum absolute atomic E-state index is 0.0547. The molecule has 0 radical (unpaired) electrons. The summed E-state index contributed by atoms with van der Waals surface area (Å²) in [6.07, 6.45) is 8.75. The summed E-state index contributed by atoms with van der Waals surface area (Å²) in [6, 6.07) is 5.23. The first-order chi connectivity index (χ1) is 13.5. The van der Waals surface area contributed by atoms with Crippen LogP contribution in [0.1, 0.15) is 47.4 Å². The molecule has 1 aromatic carbocycles. The molecule has 1 heterocycles. The summed E-state index contributed by atoms with van der Waals surface area (Å²) >= 11 is 18.4. The van der Waals surface area contributed by atoms with Crippen molar-refractivity contribution in [2.75, 3.05) is 13.7 Å². The Morgan fingerprint density at radius 2 is 2.18 bits per heavy atom. The van der Waals surface area contributed by atoms with Crippen LogP contribution in [0.2, 0.25) is 10.0 Å². The fourth-order valence-corrected chi connectivity index (χ4v) is 4.35. The van der Waals surface area contributed by atoms with E-state index in [2.05, 4.69) is 17.3 Å². The highest BCUT2D eigenvalue weighted by Crippen LogP contribution is 2.41. The van der Waals surface area contributed by atoms with Gasteiger partial charge in [0.05, 0.1) is 23.0 Å². The molecule has 0 fully saturated rings. The predicted molar refractivity (Wildman–Crippen MR) is 114 cm³/mol. The third-order valence-corrected chi connectivity index (χ3v) is 5.56. The number of carbonyl (C=O) groups is 1. The van der Waals surface area contributed by atoms with Gasteiger partial charge in [-0.15, -0.1) is 0 Å². The lowest BCUT2D eigenvalue weighted by atomic mass is 9.81. The van der Waals surface area contributed by atoms with Crippen LogP contribution in [0.3, 0.4) is 0 Å². The Labute approximate surface area is 179 Å². The molecule has 28 heavy (non-hydrogen) atoms. The van der Waals surface area contributed by atoms with Gasteiger partial charge in [0, 0.05) is 23.6 Å². The van der Waals surface area contributed by atoms with E-state index in [4.69, 9.17) is 39.5 Å². The Morgan fingerprint density at radius 3 is 2.82 bits per heavy atom. The number of allylic oxidation sites excluding steroid dienone is 3. The van der Waals surface area contributed by atoms with E-state index in [0.29, 0.717) is 28.0 Å². The SMILES string of the molecule is C/C=C\C(=C/COC)C1CCCc2c(C(=O)Cl)nn(-c3ccc(Cl)cc3Cl)c21. The average Bonchev–Trinajstić information content (AvgIpc) is 3.05. The second-order valence-corrected chi connectivity index (χ2v) is 7.78. The molecule has 0 saturated heterocycles. The van der Waals surface area contributed by atoms with Crippen LogP contribution in [-0.2, 0) is 11.2 Å². The predicted octanol–water partition coefficient (Wildman–Crippen LogP) is 6.13. The number of ether oxygens (including phenoxy) is 1. The first-order valence-corrected chi connectivity index (χ1v) is 10.2. The van der Waals surface area contributed by atoms with Crippen LogP contribution in [-0.4, -0.2) is 28.7 Å². The van der Waals surface area contributed by atoms with Gasteiger partial charge in [0.1, 0.15) is 5.69 Å². The van der Waals surface area contributed by atoms with Gasteiger partial charge >= 0.3 is 0 Å². The summed E-state index contributed by atoms with van der Waals surface area (Å²) in [5.74, 6) is 0.0547. The number of fused-ring (bicyclic) bond motifs is 1. The van der Waals surface area contributed by atoms with Crippen molar-refractivity contribution in [2.24, 2.45) is 0 Å². The molecular formula is C21H21Cl3N2O2. The van der Waals surface area contributed by atoms with Crippen molar-refractivity contribution in [3.63, 3.8) is 0 Å². The number of carbonyl (C=O) groups excluding carboxylic acids is 1. The van der Waals surface area contributed by atoms with E-state index in [1.54, 1.807) is 30.0 Å². The Hall–Kier alpha value is -1.59. The second kappa shape index (κ2) is 9.27. The molecule has 1 atom stereocenters. The third-order valence-electron chi connectivity index (χ3n) is 4.84. The van der Waals surface area contributed by atoms with E-state index in [0.717, 1.165) is 36.1 Å². The molecule has 7 heteroatoms. The van der Waals surface area contributed by atoms with Crippen LogP contribution in [0, 0.1) is 0 Å². The van der Waals surface area contributed by atoms with Crippen molar-refractivity contribution in [3.8, 4) is 5.69 Å². The van der Waals surface area contributed by atoms with Crippen molar-refractivity contribution < 1.29 is 9.53 Å². The standard InChI is InChI=1S/C21H21Cl3N2O2/c1-3-5-13(10-11-28-2)15-6-4-7-16-19(21(24)27)25-26(20(15)16)18-9-8-14(22)12-17(18)23/h3,5,8-10,12,15H,4,6-7,11H2,1-2H3/b5-3-,13-10+. The molecule has 1 unspecified atom stereocenters. The minimum Gasteiger partial charge on any atom is -0.381 e. The van der Waals surface area contributed by atoms with Crippen molar-refractivity contribution in [3.05, 3.63) is 69.0 Å². The van der Waals surface area contributed by atoms with Crippen LogP contribution >= 0.6 is 34.8 Å². The van der Waals surface area contributed by atoms with Gasteiger partial charge in [-0.1, -0.05) is 41.4 Å². The van der Waals surface area contributed by atoms with Crippen LogP contribution in [0.25, 0.3) is 5.69 Å². The molecule has 1 aromatic heterocycles. The van der Waals surface area contributed by atoms with Crippen molar-refractivity contribution in [2.45, 2.75) is 32.1 Å². The molecule has 0 amide bonds. The van der Waals surface area contributed by atoms with Gasteiger partial charge < -0.3 is 4.74 Å². The maximum absolute atomic E-state index is 12.1. The summed E-state index contributed by atoms with van der Waals surface area (Å²) in [5, 5.41) is 4.99. The summed E-state index contributed by atoms with van der Waals surface area (Å²) < 4.78 is 6.99. The molecule has 0 spiro atoms. The molecule has 1 aliphatic rings. The monoisotopic (exact) mass is 438 g/mol. The van der Waals surface area contributed by atoms with Crippen LogP contribution < -0.4 is 0 Å². The highest BCUT2D eigenvalue weighted by atomic mass is 35.5. The average molecular weight is 440 g/mol. The first kappa shape index (κ1) is 21.1. The number of rotatable bonds is 6. The zero-order chi connectivity index (χ0) is 20.3. The quantitative estimate of drug-likeness (QED) is 0.402. The second-order valence-electron chi connectivity index (χ2n) is 6.60. The molecule has 1 aliphatic carbocycles. The Balaban J connectivity index is 2.24. The van der Waals surface area contributed by atoms with E-state index in [9.17, 15) is 4.79 Å². The minimum atomic E-state index is -0.561. The molecule has 0 bridgehead atoms. The Kier molecular flexibility index (Phi) is 7.00. The van der Waals surface area contributed by atoms with Gasteiger partial charge in [0.25, 0.3) is 5.24 Å². The number of hydrogen-bond donors (Lipinski definition) is 0. The zero-order valence-electron chi connectivity index (χ0n) is 15.7. The largest absolute Gasteiger partial charge is 0.381 e. The van der Waals surface area contributed by atoms with Gasteiger partial charge in [-0.2, -0.15) is 5.10 Å². The number of halogens is 3. The molecule has 0 saturated carbocycles. The van der Waals surface area contributed by atoms with Crippen LogP contribution in [0.15, 0.2) is 42.0 Å². The lowest BCUT2D eigenvalue weighted by Gasteiger charge is -2.26. The molecule has 4 nitrogen and oxygen atoms in total. The molecule has 0 aliphatic heterocycles. The van der Waals surface area contributed by atoms with E-state index in [1.807, 2.05) is 13.0 Å². The summed E-state index contributed by atoms with van der Waals surface area (Å²) in [7, 11) is 1.66. The topological polar surface area (TPSA) is 44.1 Å². The molecule has 0 N–H and O–H groups in total. The van der Waals surface area contributed by atoms with Gasteiger partial charge in [-0.25, -0.2) is 4.68 Å². The van der Waals surface area contributed by atoms with E-state index < -0.39 is 5.24 Å². The van der Waals surface area contributed by atoms with Crippen molar-refractivity contribution >= 4 is 40.0 Å². The maximum atomic E-state index is 12.1. The van der Waals surface area contributed by atoms with E-state index in [-0.39, 0.29) is 5.92 Å². The Morgan fingerprint density at radius 1 is 1.39 bits per heavy atom. The number of hydrogen-bond acceptors (Lipinski definition) is 3. The lowest BCUT2D eigenvalue weighted by molar-refractivity contribution is 0.107. The number of methoxy groups -OCH3 is 1. The normalized spacial score (nSPS) is 17.2. The first-order valence-electron chi connectivity index (χ1n) is 9.06. The van der Waals surface area contributed by atoms with Crippen LogP contribution in [0.5, 0.6) is 0 Å². The highest BCUT2D eigenvalue weighted by Gasteiger charge is 2.32. The summed E-state index contributed by atoms with van der Waals surface area (Å²) in [4.78, 5) is 12.1. The van der Waals surface area contributed by atoms with Crippen LogP contribution in [0.4, 0.5) is 0 Å². The maximum Gasteiger partial charge on any atom is 0.273 e. The molecule has 3 rings (SSSR count). The fourth-order valence-electron chi connectivity index (χ4n) is 3.71. The van der Waals surface area contributed by atoms with E-state index >= 15 is 0 Å². The fraction of sp³-hybridized carbons (Fsp3) is 0.333. The van der Waals surface area contributed by atoms with Crippen molar-refractivity contribution in [1.82, 2.24) is 9.78 Å². The van der Waals surface area contributed by atoms with Gasteiger partial charge in [0.15, 0.2) is 0 Å². The number of aromatic nitrogens is 2. The Bertz CT molecular complexity index is 947. The zero-order valence-corrected chi connectivity index (χ0v) is 18.0. The van der Waals surface area contributed by atoms with Gasteiger partial charge in [-0.3, -0.25) is 4.79 Å². The molecule has 2 aromatic rings. The van der Waals surface area contributed by atoms with Gasteiger partial charge in [-0.05, 0) is 61.6 Å². The third kappa shape index (κ3) is 4.20. The lowest BCUT2D eigenvalue weighted by Crippen LogP contribution is -2.16. The number of nitrogens with zero attached hydrogens (tertiary/aromatic N) is 2. The van der Waals surface area contributed by atoms with Crippen molar-refractivity contribution in [1.29, 1.82) is 0 Å². The number of benzene rings is 1. The molecular weight excluding hydrogens is 419 g/mol. The summed E-state index contributed by atoms with van der Waals surface area (Å²) in [5.41, 5.74) is 3.91. The highest BCUT2D eigenvalue weighted by molar-refractivity contribution is 6.67.